The number of aryl methyl sites for hydroxylation is 2. The van der Waals surface area contributed by atoms with Crippen molar-refractivity contribution in [3.05, 3.63) is 87.9 Å². The molecule has 1 spiro atoms. The molecule has 4 heterocycles. The van der Waals surface area contributed by atoms with Gasteiger partial charge in [0, 0.05) is 23.1 Å². The number of para-hydroxylation sites is 1. The monoisotopic (exact) mass is 719 g/mol. The van der Waals surface area contributed by atoms with Crippen molar-refractivity contribution in [2.45, 2.75) is 70.4 Å². The van der Waals surface area contributed by atoms with Crippen molar-refractivity contribution < 1.29 is 33.8 Å². The van der Waals surface area contributed by atoms with Crippen LogP contribution in [0.15, 0.2) is 71.2 Å². The summed E-state index contributed by atoms with van der Waals surface area (Å²) in [6, 6.07) is 12.4. The fourth-order valence-corrected chi connectivity index (χ4v) is 8.54. The summed E-state index contributed by atoms with van der Waals surface area (Å²) in [6.45, 7) is 7.35. The molecule has 5 bridgehead atoms. The molecule has 0 saturated carbocycles. The van der Waals surface area contributed by atoms with Crippen molar-refractivity contribution in [3.8, 4) is 0 Å². The molecule has 2 saturated heterocycles. The zero-order valence-corrected chi connectivity index (χ0v) is 29.2. The van der Waals surface area contributed by atoms with E-state index >= 15 is 4.79 Å². The number of amides is 3. The number of allylic oxidation sites excluding steroid dienone is 1. The lowest BCUT2D eigenvalue weighted by atomic mass is 9.74. The van der Waals surface area contributed by atoms with Gasteiger partial charge >= 0.3 is 5.97 Å². The summed E-state index contributed by atoms with van der Waals surface area (Å²) in [5.74, 6) is -3.89. The molecule has 0 aromatic heterocycles. The van der Waals surface area contributed by atoms with Crippen LogP contribution in [0.1, 0.15) is 49.4 Å². The van der Waals surface area contributed by atoms with Crippen LogP contribution in [0.5, 0.6) is 0 Å². The smallest absolute Gasteiger partial charge is 0.306 e. The summed E-state index contributed by atoms with van der Waals surface area (Å²) in [5, 5.41) is 13.7. The van der Waals surface area contributed by atoms with E-state index in [1.807, 2.05) is 88.4 Å². The van der Waals surface area contributed by atoms with Gasteiger partial charge in [-0.05, 0) is 49.0 Å². The largest absolute Gasteiger partial charge is 0.463 e. The topological polar surface area (TPSA) is 125 Å². The second kappa shape index (κ2) is 13.6. The van der Waals surface area contributed by atoms with Crippen LogP contribution < -0.4 is 10.2 Å². The number of ether oxygens (including phenoxy) is 2. The number of rotatable bonds is 5. The molecule has 254 valence electrons. The molecule has 7 atom stereocenters. The van der Waals surface area contributed by atoms with E-state index < -0.39 is 59.5 Å². The van der Waals surface area contributed by atoms with Gasteiger partial charge in [0.1, 0.15) is 24.4 Å². The first-order chi connectivity index (χ1) is 23.0. The molecule has 11 heteroatoms. The number of benzene rings is 2. The number of hydrogen-bond donors (Lipinski definition) is 2. The standard InChI is InChI=1S/C37H42BrN3O7/c1-21(2)27(19-42)41-33-36(46)40(31-22(3)12-11-13-23(31)4)17-10-6-9-16-28(43)47-20-26(24-14-7-5-8-15-24)39-34(44)29-30(35(41)45)37(33)18-25(38)32(29)48-37/h5-8,10-15,18,21,26-27,29-30,32-33,42H,9,16-17,19-20H2,1-4H3,(H,39,44)/b10-6-/t26-,27-,29-,30+,32-,33-,37+/m0/s1. The van der Waals surface area contributed by atoms with E-state index in [2.05, 4.69) is 21.2 Å². The zero-order chi connectivity index (χ0) is 34.3. The molecule has 3 amide bonds. The maximum absolute atomic E-state index is 15.2. The number of anilines is 1. The lowest BCUT2D eigenvalue weighted by Gasteiger charge is -2.40. The van der Waals surface area contributed by atoms with Crippen molar-refractivity contribution >= 4 is 45.3 Å². The van der Waals surface area contributed by atoms with Gasteiger partial charge in [0.2, 0.25) is 11.8 Å². The highest BCUT2D eigenvalue weighted by atomic mass is 79.9. The maximum Gasteiger partial charge on any atom is 0.306 e. The SMILES string of the molecule is Cc1cccc(C)c1N1C/C=C\CCC(=O)OC[C@@H](c2ccccc2)NC(=O)[C@@H]2[C@H]3O[C@@]4(C=C3Br)[C@H](C1=O)N([C@@H](CO)C(C)C)C(=O)[C@@H]24. The van der Waals surface area contributed by atoms with Crippen LogP contribution in [0.4, 0.5) is 5.69 Å². The second-order valence-corrected chi connectivity index (χ2v) is 14.3. The molecule has 2 N–H and O–H groups in total. The molecular formula is C37H42BrN3O7. The molecule has 4 aliphatic rings. The molecule has 2 aromatic carbocycles. The van der Waals surface area contributed by atoms with Crippen LogP contribution in [-0.2, 0) is 28.7 Å². The maximum atomic E-state index is 15.2. The number of nitrogens with one attached hydrogen (secondary N) is 1. The summed E-state index contributed by atoms with van der Waals surface area (Å²) < 4.78 is 12.9. The Hall–Kier alpha value is -3.80. The van der Waals surface area contributed by atoms with E-state index in [9.17, 15) is 19.5 Å². The van der Waals surface area contributed by atoms with E-state index in [0.29, 0.717) is 16.6 Å². The molecule has 0 radical (unpaired) electrons. The van der Waals surface area contributed by atoms with E-state index in [4.69, 9.17) is 9.47 Å². The number of fused-ring (bicyclic) bond motifs is 2. The fourth-order valence-electron chi connectivity index (χ4n) is 7.80. The Morgan fingerprint density at radius 3 is 2.38 bits per heavy atom. The third-order valence-corrected chi connectivity index (χ3v) is 10.8. The molecule has 0 unspecified atom stereocenters. The predicted octanol–water partition coefficient (Wildman–Crippen LogP) is 4.28. The minimum absolute atomic E-state index is 0.0924. The first-order valence-electron chi connectivity index (χ1n) is 16.5. The van der Waals surface area contributed by atoms with E-state index in [1.54, 1.807) is 11.0 Å². The average molecular weight is 721 g/mol. The Morgan fingerprint density at radius 2 is 1.71 bits per heavy atom. The van der Waals surface area contributed by atoms with Crippen molar-refractivity contribution in [2.24, 2.45) is 17.8 Å². The number of carbonyl (C=O) groups excluding carboxylic acids is 4. The predicted molar refractivity (Wildman–Crippen MR) is 183 cm³/mol. The van der Waals surface area contributed by atoms with Gasteiger partial charge in [-0.25, -0.2) is 0 Å². The van der Waals surface area contributed by atoms with Gasteiger partial charge in [0.25, 0.3) is 5.91 Å². The van der Waals surface area contributed by atoms with Crippen LogP contribution in [0, 0.1) is 31.6 Å². The van der Waals surface area contributed by atoms with Crippen LogP contribution in [0.2, 0.25) is 0 Å². The van der Waals surface area contributed by atoms with Gasteiger partial charge in [0.15, 0.2) is 0 Å². The molecule has 48 heavy (non-hydrogen) atoms. The number of aliphatic hydroxyl groups excluding tert-OH is 1. The number of hydrogen-bond acceptors (Lipinski definition) is 7. The minimum Gasteiger partial charge on any atom is -0.463 e. The number of esters is 1. The van der Waals surface area contributed by atoms with Crippen LogP contribution >= 0.6 is 15.9 Å². The highest BCUT2D eigenvalue weighted by molar-refractivity contribution is 9.11. The van der Waals surface area contributed by atoms with Crippen molar-refractivity contribution in [2.75, 3.05) is 24.7 Å². The molecule has 4 aliphatic heterocycles. The van der Waals surface area contributed by atoms with Crippen molar-refractivity contribution in [3.63, 3.8) is 0 Å². The third-order valence-electron chi connectivity index (χ3n) is 10.1. The Bertz CT molecular complexity index is 1640. The first kappa shape index (κ1) is 34.1. The van der Waals surface area contributed by atoms with Crippen molar-refractivity contribution in [1.82, 2.24) is 10.2 Å². The second-order valence-electron chi connectivity index (χ2n) is 13.4. The van der Waals surface area contributed by atoms with Crippen LogP contribution in [0.25, 0.3) is 0 Å². The van der Waals surface area contributed by atoms with Gasteiger partial charge in [-0.15, -0.1) is 0 Å². The molecule has 2 aromatic rings. The molecular weight excluding hydrogens is 678 g/mol. The van der Waals surface area contributed by atoms with Gasteiger partial charge in [-0.3, -0.25) is 19.2 Å². The van der Waals surface area contributed by atoms with Crippen molar-refractivity contribution in [1.29, 1.82) is 0 Å². The number of halogens is 1. The van der Waals surface area contributed by atoms with Gasteiger partial charge in [-0.1, -0.05) is 90.5 Å². The Morgan fingerprint density at radius 1 is 1.00 bits per heavy atom. The summed E-state index contributed by atoms with van der Waals surface area (Å²) in [6.07, 6.45) is 5.17. The zero-order valence-electron chi connectivity index (χ0n) is 27.6. The van der Waals surface area contributed by atoms with E-state index in [-0.39, 0.29) is 38.0 Å². The number of cyclic esters (lactones) is 1. The van der Waals surface area contributed by atoms with Crippen LogP contribution in [-0.4, -0.2) is 77.2 Å². The van der Waals surface area contributed by atoms with Gasteiger partial charge in [-0.2, -0.15) is 0 Å². The number of carbonyl (C=O) groups is 4. The molecule has 0 aliphatic carbocycles. The quantitative estimate of drug-likeness (QED) is 0.349. The normalized spacial score (nSPS) is 30.6. The summed E-state index contributed by atoms with van der Waals surface area (Å²) in [4.78, 5) is 60.3. The molecule has 10 nitrogen and oxygen atoms in total. The van der Waals surface area contributed by atoms with Gasteiger partial charge < -0.3 is 29.7 Å². The number of aliphatic hydroxyl groups is 1. The molecule has 6 rings (SSSR count). The summed E-state index contributed by atoms with van der Waals surface area (Å²) in [7, 11) is 0. The number of likely N-dealkylation sites (tertiary alicyclic amines) is 1. The third kappa shape index (κ3) is 5.79. The lowest BCUT2D eigenvalue weighted by Crippen LogP contribution is -2.59. The first-order valence-corrected chi connectivity index (χ1v) is 17.3. The van der Waals surface area contributed by atoms with E-state index in [1.165, 1.54) is 4.90 Å². The summed E-state index contributed by atoms with van der Waals surface area (Å²) in [5.41, 5.74) is 1.72. The number of nitrogens with zero attached hydrogens (tertiary/aromatic N) is 2. The Labute approximate surface area is 289 Å². The highest BCUT2D eigenvalue weighted by Crippen LogP contribution is 2.59. The average Bonchev–Trinajstić information content (AvgIpc) is 3.65. The molecule has 2 fully saturated rings. The highest BCUT2D eigenvalue weighted by Gasteiger charge is 2.75. The van der Waals surface area contributed by atoms with E-state index in [0.717, 1.165) is 16.7 Å². The lowest BCUT2D eigenvalue weighted by molar-refractivity contribution is -0.147. The van der Waals surface area contributed by atoms with Crippen LogP contribution in [0.3, 0.4) is 0 Å². The summed E-state index contributed by atoms with van der Waals surface area (Å²) >= 11 is 3.62. The minimum atomic E-state index is -1.47. The van der Waals surface area contributed by atoms with Gasteiger partial charge in [0.05, 0.1) is 30.5 Å². The fraction of sp³-hybridized carbons (Fsp3) is 0.459. The Balaban J connectivity index is 1.51. The Kier molecular flexibility index (Phi) is 9.66.